The Balaban J connectivity index is 1.25. The number of nitrogens with zero attached hydrogens (tertiary/aromatic N) is 3. The molecule has 5 atom stereocenters. The zero-order chi connectivity index (χ0) is 40.3. The third-order valence-corrected chi connectivity index (χ3v) is 11.0. The molecule has 3 aliphatic rings. The minimum absolute atomic E-state index is 0.104. The van der Waals surface area contributed by atoms with Gasteiger partial charge in [-0.2, -0.15) is 0 Å². The third kappa shape index (κ3) is 7.98. The van der Waals surface area contributed by atoms with E-state index in [1.165, 1.54) is 36.6 Å². The van der Waals surface area contributed by atoms with E-state index in [-0.39, 0.29) is 54.4 Å². The Morgan fingerprint density at radius 3 is 2.38 bits per heavy atom. The van der Waals surface area contributed by atoms with Crippen molar-refractivity contribution >= 4 is 59.5 Å². The topological polar surface area (TPSA) is 239 Å². The van der Waals surface area contributed by atoms with Crippen LogP contribution in [0, 0.1) is 0 Å². The largest absolute Gasteiger partial charge is 0.477 e. The Hall–Kier alpha value is -6.11. The maximum absolute atomic E-state index is 14.1. The SMILES string of the molecule is CC(=O)OCC1=C(C(=O)O)N2C(=O)C(N(Cc3ccc(-c4ccc(N(C(C)=O)C(=O)[C@@H]5CC(OC=O)CN5)cc4)[nH]c3=O)C(=O)C(N)c3ccccc3)[C@@H]2SC1. The first-order chi connectivity index (χ1) is 26.8. The average molecular weight is 787 g/mol. The number of rotatable bonds is 13. The van der Waals surface area contributed by atoms with E-state index < -0.39 is 70.7 Å². The van der Waals surface area contributed by atoms with Crippen LogP contribution in [0.15, 0.2) is 82.8 Å². The van der Waals surface area contributed by atoms with Crippen molar-refractivity contribution in [1.82, 2.24) is 20.1 Å². The van der Waals surface area contributed by atoms with Crippen LogP contribution in [0.5, 0.6) is 0 Å². The number of anilines is 1. The smallest absolute Gasteiger partial charge is 0.352 e. The number of benzene rings is 2. The van der Waals surface area contributed by atoms with E-state index in [0.29, 0.717) is 23.3 Å². The molecule has 6 rings (SSSR count). The van der Waals surface area contributed by atoms with Crippen molar-refractivity contribution in [2.75, 3.05) is 23.8 Å². The number of nitrogens with two attached hydrogens (primary N) is 1. The first-order valence-corrected chi connectivity index (χ1v) is 18.5. The van der Waals surface area contributed by atoms with Crippen LogP contribution in [0.25, 0.3) is 11.3 Å². The van der Waals surface area contributed by atoms with E-state index in [0.717, 1.165) is 9.80 Å². The Bertz CT molecular complexity index is 2160. The number of nitrogens with one attached hydrogen (secondary N) is 2. The van der Waals surface area contributed by atoms with Crippen LogP contribution in [0.1, 0.15) is 37.4 Å². The fraction of sp³-hybridized carbons (Fsp3) is 0.316. The molecule has 4 amide bonds. The van der Waals surface area contributed by atoms with Gasteiger partial charge in [-0.1, -0.05) is 42.5 Å². The summed E-state index contributed by atoms with van der Waals surface area (Å²) in [5.74, 6) is -4.30. The van der Waals surface area contributed by atoms with Crippen LogP contribution in [0.3, 0.4) is 0 Å². The minimum Gasteiger partial charge on any atom is -0.477 e. The van der Waals surface area contributed by atoms with E-state index in [1.807, 2.05) is 0 Å². The van der Waals surface area contributed by atoms with Crippen molar-refractivity contribution in [3.63, 3.8) is 0 Å². The predicted octanol–water partition coefficient (Wildman–Crippen LogP) is 1.04. The van der Waals surface area contributed by atoms with Crippen molar-refractivity contribution < 1.29 is 48.1 Å². The summed E-state index contributed by atoms with van der Waals surface area (Å²) >= 11 is 1.19. The first-order valence-electron chi connectivity index (χ1n) is 17.4. The van der Waals surface area contributed by atoms with Crippen LogP contribution >= 0.6 is 11.8 Å². The van der Waals surface area contributed by atoms with Crippen molar-refractivity contribution in [3.05, 3.63) is 99.5 Å². The van der Waals surface area contributed by atoms with Crippen molar-refractivity contribution in [3.8, 4) is 11.3 Å². The monoisotopic (exact) mass is 786 g/mol. The number of esters is 1. The van der Waals surface area contributed by atoms with Gasteiger partial charge in [0, 0.05) is 49.4 Å². The number of β-lactam (4-membered cyclic amide) rings is 1. The summed E-state index contributed by atoms with van der Waals surface area (Å²) in [5.41, 5.74) is 7.52. The van der Waals surface area contributed by atoms with Crippen molar-refractivity contribution in [1.29, 1.82) is 0 Å². The van der Waals surface area contributed by atoms with Crippen LogP contribution < -0.4 is 21.5 Å². The zero-order valence-electron chi connectivity index (χ0n) is 30.2. The average Bonchev–Trinajstić information content (AvgIpc) is 3.66. The number of carbonyl (C=O) groups is 7. The number of thioether (sulfide) groups is 1. The van der Waals surface area contributed by atoms with Gasteiger partial charge in [-0.15, -0.1) is 11.8 Å². The Labute approximate surface area is 323 Å². The number of carbonyl (C=O) groups excluding carboxylic acids is 6. The van der Waals surface area contributed by atoms with Crippen LogP contribution in [0.2, 0.25) is 0 Å². The predicted molar refractivity (Wildman–Crippen MR) is 200 cm³/mol. The van der Waals surface area contributed by atoms with Gasteiger partial charge in [0.1, 0.15) is 35.9 Å². The number of aromatic amines is 1. The molecule has 0 spiro atoms. The number of hydrogen-bond donors (Lipinski definition) is 4. The molecule has 2 saturated heterocycles. The van der Waals surface area contributed by atoms with Gasteiger partial charge < -0.3 is 35.5 Å². The van der Waals surface area contributed by atoms with Crippen LogP contribution in [-0.2, 0) is 49.6 Å². The number of pyridine rings is 1. The van der Waals surface area contributed by atoms with E-state index in [1.54, 1.807) is 60.7 Å². The van der Waals surface area contributed by atoms with Crippen molar-refractivity contribution in [2.45, 2.75) is 56.4 Å². The van der Waals surface area contributed by atoms with Gasteiger partial charge in [0.25, 0.3) is 23.8 Å². The molecule has 1 aromatic heterocycles. The van der Waals surface area contributed by atoms with Gasteiger partial charge in [0.15, 0.2) is 0 Å². The number of H-pyrrole nitrogens is 1. The summed E-state index contributed by atoms with van der Waals surface area (Å²) in [6.07, 6.45) is -0.284. The molecule has 5 N–H and O–H groups in total. The van der Waals surface area contributed by atoms with Gasteiger partial charge >= 0.3 is 11.9 Å². The second-order valence-corrected chi connectivity index (χ2v) is 14.4. The van der Waals surface area contributed by atoms with Gasteiger partial charge in [-0.3, -0.25) is 38.5 Å². The lowest BCUT2D eigenvalue weighted by atomic mass is 9.98. The maximum atomic E-state index is 14.1. The number of hydrogen-bond acceptors (Lipinski definition) is 13. The molecule has 2 fully saturated rings. The van der Waals surface area contributed by atoms with E-state index in [9.17, 15) is 43.5 Å². The Morgan fingerprint density at radius 2 is 1.75 bits per heavy atom. The number of aromatic nitrogens is 1. The lowest BCUT2D eigenvalue weighted by molar-refractivity contribution is -0.161. The minimum atomic E-state index is -1.39. The molecule has 3 unspecified atom stereocenters. The number of carboxylic acid groups (broad SMARTS) is 1. The normalized spacial score (nSPS) is 20.6. The first kappa shape index (κ1) is 39.6. The molecule has 0 aliphatic carbocycles. The molecule has 3 aromatic rings. The molecule has 4 heterocycles. The van der Waals surface area contributed by atoms with E-state index in [2.05, 4.69) is 10.3 Å². The van der Waals surface area contributed by atoms with Gasteiger partial charge in [-0.25, -0.2) is 9.69 Å². The van der Waals surface area contributed by atoms with Crippen molar-refractivity contribution in [2.24, 2.45) is 5.73 Å². The van der Waals surface area contributed by atoms with E-state index >= 15 is 0 Å². The van der Waals surface area contributed by atoms with Gasteiger partial charge in [-0.05, 0) is 35.4 Å². The highest BCUT2D eigenvalue weighted by molar-refractivity contribution is 8.00. The highest BCUT2D eigenvalue weighted by atomic mass is 32.2. The van der Waals surface area contributed by atoms with E-state index in [4.69, 9.17) is 15.2 Å². The molecule has 17 nitrogen and oxygen atoms in total. The molecular weight excluding hydrogens is 749 g/mol. The Morgan fingerprint density at radius 1 is 1.04 bits per heavy atom. The summed E-state index contributed by atoms with van der Waals surface area (Å²) in [6, 6.07) is 14.8. The van der Waals surface area contributed by atoms with Gasteiger partial charge in [0.05, 0.1) is 18.3 Å². The zero-order valence-corrected chi connectivity index (χ0v) is 31.0. The number of carboxylic acids is 1. The number of fused-ring (bicyclic) bond motifs is 1. The van der Waals surface area contributed by atoms with Crippen LogP contribution in [0.4, 0.5) is 5.69 Å². The standard InChI is InChI=1S/C38H38N6O11S/c1-20(46)43(34(49)29-14-27(15-40-29)55-19-45)26-11-8-22(9-12-26)28-13-10-24(33(48)41-28)16-42(35(50)30(39)23-6-4-3-5-7-23)32-36(51)44-31(38(52)53)25(17-54-21(2)47)18-56-37(32)44/h3-13,19,27,29-30,32,37,40H,14-18,39H2,1-2H3,(H,41,48)(H,52,53)/t27?,29-,30?,32?,37-/m0/s1. The number of ether oxygens (including phenoxy) is 2. The molecular formula is C38H38N6O11S. The fourth-order valence-corrected chi connectivity index (χ4v) is 8.27. The molecule has 0 radical (unpaired) electrons. The summed E-state index contributed by atoms with van der Waals surface area (Å²) in [4.78, 5) is 108. The lowest BCUT2D eigenvalue weighted by Crippen LogP contribution is -2.71. The molecule has 18 heteroatoms. The second-order valence-electron chi connectivity index (χ2n) is 13.3. The molecule has 292 valence electrons. The summed E-state index contributed by atoms with van der Waals surface area (Å²) < 4.78 is 9.96. The molecule has 3 aliphatic heterocycles. The quantitative estimate of drug-likeness (QED) is 0.108. The summed E-state index contributed by atoms with van der Waals surface area (Å²) in [7, 11) is 0. The van der Waals surface area contributed by atoms with Crippen LogP contribution in [-0.4, -0.2) is 104 Å². The second kappa shape index (κ2) is 16.7. The number of aliphatic carboxylic acids is 1. The lowest BCUT2D eigenvalue weighted by Gasteiger charge is -2.53. The highest BCUT2D eigenvalue weighted by Gasteiger charge is 2.57. The number of imide groups is 1. The molecule has 2 aromatic carbocycles. The molecule has 0 bridgehead atoms. The third-order valence-electron chi connectivity index (χ3n) is 9.66. The fourth-order valence-electron chi connectivity index (χ4n) is 6.88. The summed E-state index contributed by atoms with van der Waals surface area (Å²) in [6.45, 7) is 2.36. The number of amides is 4. The maximum Gasteiger partial charge on any atom is 0.352 e. The molecule has 0 saturated carbocycles. The van der Waals surface area contributed by atoms with Gasteiger partial charge in [0.2, 0.25) is 11.8 Å². The summed E-state index contributed by atoms with van der Waals surface area (Å²) in [5, 5.41) is 12.2. The Kier molecular flexibility index (Phi) is 11.8. The molecule has 56 heavy (non-hydrogen) atoms. The highest BCUT2D eigenvalue weighted by Crippen LogP contribution is 2.43.